The van der Waals surface area contributed by atoms with Gasteiger partial charge < -0.3 is 5.32 Å². The fourth-order valence-electron chi connectivity index (χ4n) is 2.90. The number of para-hydroxylation sites is 1. The molecule has 0 aliphatic carbocycles. The molecule has 0 bridgehead atoms. The third-order valence-corrected chi connectivity index (χ3v) is 6.42. The van der Waals surface area contributed by atoms with Gasteiger partial charge in [0, 0.05) is 31.1 Å². The standard InChI is InChI=1S/C23H21FN2O4S/c1-26(20-7-3-2-4-8-20)31(29,30)21-9-5-6-19(16-21)25-23(28)15-14-22(27)17-10-12-18(24)13-11-17/h2-13,16H,14-15H2,1H3,(H,25,28). The highest BCUT2D eigenvalue weighted by molar-refractivity contribution is 7.92. The number of nitrogens with zero attached hydrogens (tertiary/aromatic N) is 1. The molecule has 6 nitrogen and oxygen atoms in total. The van der Waals surface area contributed by atoms with Crippen molar-refractivity contribution in [2.75, 3.05) is 16.7 Å². The number of rotatable bonds is 8. The van der Waals surface area contributed by atoms with Crippen LogP contribution in [0.2, 0.25) is 0 Å². The molecule has 31 heavy (non-hydrogen) atoms. The minimum Gasteiger partial charge on any atom is -0.326 e. The van der Waals surface area contributed by atoms with Crippen molar-refractivity contribution in [2.24, 2.45) is 0 Å². The Balaban J connectivity index is 1.65. The van der Waals surface area contributed by atoms with Crippen LogP contribution in [0.25, 0.3) is 0 Å². The second kappa shape index (κ2) is 9.53. The minimum absolute atomic E-state index is 0.0269. The van der Waals surface area contributed by atoms with Gasteiger partial charge in [-0.05, 0) is 54.6 Å². The zero-order chi connectivity index (χ0) is 22.4. The molecule has 0 spiro atoms. The number of hydrogen-bond donors (Lipinski definition) is 1. The predicted octanol–water partition coefficient (Wildman–Crippen LogP) is 4.25. The summed E-state index contributed by atoms with van der Waals surface area (Å²) >= 11 is 0. The first-order chi connectivity index (χ1) is 14.8. The fraction of sp³-hybridized carbons (Fsp3) is 0.130. The highest BCUT2D eigenvalue weighted by Gasteiger charge is 2.21. The first kappa shape index (κ1) is 22.2. The Morgan fingerprint density at radius 2 is 1.58 bits per heavy atom. The third-order valence-electron chi connectivity index (χ3n) is 4.64. The van der Waals surface area contributed by atoms with E-state index >= 15 is 0 Å². The number of benzene rings is 3. The number of ketones is 1. The lowest BCUT2D eigenvalue weighted by Gasteiger charge is -2.19. The maximum Gasteiger partial charge on any atom is 0.264 e. The number of halogens is 1. The van der Waals surface area contributed by atoms with Crippen molar-refractivity contribution >= 4 is 33.1 Å². The van der Waals surface area contributed by atoms with Crippen molar-refractivity contribution in [1.82, 2.24) is 0 Å². The quantitative estimate of drug-likeness (QED) is 0.531. The largest absolute Gasteiger partial charge is 0.326 e. The molecule has 0 heterocycles. The Morgan fingerprint density at radius 1 is 0.903 bits per heavy atom. The number of sulfonamides is 1. The first-order valence-corrected chi connectivity index (χ1v) is 10.9. The van der Waals surface area contributed by atoms with E-state index in [1.54, 1.807) is 36.4 Å². The van der Waals surface area contributed by atoms with Crippen molar-refractivity contribution < 1.29 is 22.4 Å². The molecule has 3 rings (SSSR count). The van der Waals surface area contributed by atoms with Gasteiger partial charge in [0.25, 0.3) is 10.0 Å². The highest BCUT2D eigenvalue weighted by atomic mass is 32.2. The predicted molar refractivity (Wildman–Crippen MR) is 117 cm³/mol. The van der Waals surface area contributed by atoms with Gasteiger partial charge in [-0.2, -0.15) is 0 Å². The zero-order valence-corrected chi connectivity index (χ0v) is 17.6. The Hall–Kier alpha value is -3.52. The molecule has 0 radical (unpaired) electrons. The second-order valence-electron chi connectivity index (χ2n) is 6.81. The monoisotopic (exact) mass is 440 g/mol. The molecule has 160 valence electrons. The van der Waals surface area contributed by atoms with Crippen LogP contribution in [0, 0.1) is 5.82 Å². The van der Waals surface area contributed by atoms with E-state index in [2.05, 4.69) is 5.32 Å². The summed E-state index contributed by atoms with van der Waals surface area (Å²) in [6, 6.07) is 19.7. The Morgan fingerprint density at radius 3 is 2.26 bits per heavy atom. The van der Waals surface area contributed by atoms with E-state index in [0.29, 0.717) is 16.9 Å². The number of amides is 1. The van der Waals surface area contributed by atoms with Crippen LogP contribution in [0.4, 0.5) is 15.8 Å². The lowest BCUT2D eigenvalue weighted by molar-refractivity contribution is -0.116. The van der Waals surface area contributed by atoms with E-state index in [-0.39, 0.29) is 23.5 Å². The second-order valence-corrected chi connectivity index (χ2v) is 8.78. The Bertz CT molecular complexity index is 1180. The van der Waals surface area contributed by atoms with Gasteiger partial charge in [0.15, 0.2) is 5.78 Å². The van der Waals surface area contributed by atoms with Crippen molar-refractivity contribution in [1.29, 1.82) is 0 Å². The smallest absolute Gasteiger partial charge is 0.264 e. The lowest BCUT2D eigenvalue weighted by Crippen LogP contribution is -2.26. The van der Waals surface area contributed by atoms with Gasteiger partial charge >= 0.3 is 0 Å². The molecule has 0 atom stereocenters. The number of nitrogens with one attached hydrogen (secondary N) is 1. The molecular formula is C23H21FN2O4S. The summed E-state index contributed by atoms with van der Waals surface area (Å²) in [5.41, 5.74) is 1.14. The van der Waals surface area contributed by atoms with Crippen LogP contribution < -0.4 is 9.62 Å². The number of carbonyl (C=O) groups is 2. The van der Waals surface area contributed by atoms with E-state index < -0.39 is 21.7 Å². The van der Waals surface area contributed by atoms with Gasteiger partial charge in [0.2, 0.25) is 5.91 Å². The molecule has 0 aliphatic rings. The molecule has 0 fully saturated rings. The Labute approximate surface area is 180 Å². The van der Waals surface area contributed by atoms with Gasteiger partial charge in [-0.15, -0.1) is 0 Å². The molecule has 0 unspecified atom stereocenters. The van der Waals surface area contributed by atoms with E-state index in [1.165, 1.54) is 49.5 Å². The number of carbonyl (C=O) groups excluding carboxylic acids is 2. The van der Waals surface area contributed by atoms with E-state index in [9.17, 15) is 22.4 Å². The number of Topliss-reactive ketones (excluding diaryl/α,β-unsaturated/α-hetero) is 1. The van der Waals surface area contributed by atoms with E-state index in [0.717, 1.165) is 4.31 Å². The average molecular weight is 440 g/mol. The first-order valence-electron chi connectivity index (χ1n) is 9.50. The maximum absolute atomic E-state index is 12.9. The van der Waals surface area contributed by atoms with Crippen LogP contribution >= 0.6 is 0 Å². The van der Waals surface area contributed by atoms with Gasteiger partial charge in [-0.1, -0.05) is 24.3 Å². The zero-order valence-electron chi connectivity index (χ0n) is 16.8. The fourth-order valence-corrected chi connectivity index (χ4v) is 4.14. The molecule has 8 heteroatoms. The van der Waals surface area contributed by atoms with Crippen molar-refractivity contribution in [3.05, 3.63) is 90.2 Å². The summed E-state index contributed by atoms with van der Waals surface area (Å²) in [6.45, 7) is 0. The van der Waals surface area contributed by atoms with E-state index in [1.807, 2.05) is 0 Å². The topological polar surface area (TPSA) is 83.6 Å². The molecule has 1 N–H and O–H groups in total. The lowest BCUT2D eigenvalue weighted by atomic mass is 10.1. The van der Waals surface area contributed by atoms with Gasteiger partial charge in [-0.25, -0.2) is 12.8 Å². The molecule has 0 aromatic heterocycles. The van der Waals surface area contributed by atoms with Crippen molar-refractivity contribution in [3.8, 4) is 0 Å². The van der Waals surface area contributed by atoms with Gasteiger partial charge in [0.05, 0.1) is 10.6 Å². The third kappa shape index (κ3) is 5.55. The van der Waals surface area contributed by atoms with Crippen LogP contribution in [-0.2, 0) is 14.8 Å². The molecule has 3 aromatic carbocycles. The number of hydrogen-bond acceptors (Lipinski definition) is 4. The normalized spacial score (nSPS) is 11.0. The summed E-state index contributed by atoms with van der Waals surface area (Å²) in [5.74, 6) is -1.15. The van der Waals surface area contributed by atoms with E-state index in [4.69, 9.17) is 0 Å². The van der Waals surface area contributed by atoms with Crippen LogP contribution in [0.1, 0.15) is 23.2 Å². The van der Waals surface area contributed by atoms with Gasteiger partial charge in [0.1, 0.15) is 5.82 Å². The van der Waals surface area contributed by atoms with Crippen LogP contribution in [-0.4, -0.2) is 27.2 Å². The SMILES string of the molecule is CN(c1ccccc1)S(=O)(=O)c1cccc(NC(=O)CCC(=O)c2ccc(F)cc2)c1. The molecule has 0 aliphatic heterocycles. The summed E-state index contributed by atoms with van der Waals surface area (Å²) < 4.78 is 39.9. The van der Waals surface area contributed by atoms with Crippen LogP contribution in [0.5, 0.6) is 0 Å². The molecule has 0 saturated heterocycles. The highest BCUT2D eigenvalue weighted by Crippen LogP contribution is 2.23. The molecular weight excluding hydrogens is 419 g/mol. The van der Waals surface area contributed by atoms with Crippen LogP contribution in [0.15, 0.2) is 83.8 Å². The molecule has 1 amide bonds. The number of anilines is 2. The summed E-state index contributed by atoms with van der Waals surface area (Å²) in [7, 11) is -2.36. The maximum atomic E-state index is 12.9. The summed E-state index contributed by atoms with van der Waals surface area (Å²) in [5, 5.41) is 2.61. The Kier molecular flexibility index (Phi) is 6.81. The summed E-state index contributed by atoms with van der Waals surface area (Å²) in [4.78, 5) is 24.4. The summed E-state index contributed by atoms with van der Waals surface area (Å²) in [6.07, 6.45) is -0.136. The molecule has 3 aromatic rings. The van der Waals surface area contributed by atoms with Gasteiger partial charge in [-0.3, -0.25) is 13.9 Å². The van der Waals surface area contributed by atoms with Crippen molar-refractivity contribution in [2.45, 2.75) is 17.7 Å². The minimum atomic E-state index is -3.82. The average Bonchev–Trinajstić information content (AvgIpc) is 2.78. The van der Waals surface area contributed by atoms with Crippen molar-refractivity contribution in [3.63, 3.8) is 0 Å². The van der Waals surface area contributed by atoms with Crippen LogP contribution in [0.3, 0.4) is 0 Å². The molecule has 0 saturated carbocycles.